The molecule has 1 heterocycles. The van der Waals surface area contributed by atoms with E-state index in [1.165, 1.54) is 0 Å². The first kappa shape index (κ1) is 19.1. The van der Waals surface area contributed by atoms with Crippen molar-refractivity contribution in [3.63, 3.8) is 0 Å². The van der Waals surface area contributed by atoms with E-state index in [1.807, 2.05) is 50.2 Å². The third-order valence-electron chi connectivity index (χ3n) is 3.63. The maximum absolute atomic E-state index is 12.4. The molecule has 1 aliphatic heterocycles. The Bertz CT molecular complexity index is 683. The largest absolute Gasteiger partial charge is 0.464 e. The molecule has 6 nitrogen and oxygen atoms in total. The van der Waals surface area contributed by atoms with E-state index in [4.69, 9.17) is 4.74 Å². The topological polar surface area (TPSA) is 66.9 Å². The molecular formula is C18H22N2O4S. The number of anilines is 1. The van der Waals surface area contributed by atoms with Gasteiger partial charge in [0, 0.05) is 19.8 Å². The second-order valence-electron chi connectivity index (χ2n) is 5.83. The van der Waals surface area contributed by atoms with Gasteiger partial charge in [-0.1, -0.05) is 25.5 Å². The highest BCUT2D eigenvalue weighted by molar-refractivity contribution is 8.18. The summed E-state index contributed by atoms with van der Waals surface area (Å²) in [5, 5.41) is -0.450. The van der Waals surface area contributed by atoms with Crippen molar-refractivity contribution < 1.29 is 19.1 Å². The van der Waals surface area contributed by atoms with Crippen LogP contribution in [0.15, 0.2) is 29.2 Å². The summed E-state index contributed by atoms with van der Waals surface area (Å²) in [6.07, 6.45) is 3.33. The van der Waals surface area contributed by atoms with Gasteiger partial charge in [0.15, 0.2) is 0 Å². The number of thioether (sulfide) groups is 1. The smallest absolute Gasteiger partial charge is 0.326 e. The van der Waals surface area contributed by atoms with Crippen LogP contribution >= 0.6 is 11.8 Å². The predicted molar refractivity (Wildman–Crippen MR) is 99.3 cm³/mol. The van der Waals surface area contributed by atoms with Crippen molar-refractivity contribution in [2.75, 3.05) is 32.1 Å². The molecule has 1 aliphatic rings. The Morgan fingerprint density at radius 3 is 2.52 bits per heavy atom. The average Bonchev–Trinajstić information content (AvgIpc) is 2.83. The highest BCUT2D eigenvalue weighted by Crippen LogP contribution is 2.32. The number of carbonyl (C=O) groups excluding carboxylic acids is 3. The molecule has 2 amide bonds. The van der Waals surface area contributed by atoms with E-state index in [0.717, 1.165) is 40.8 Å². The minimum absolute atomic E-state index is 0.305. The molecule has 25 heavy (non-hydrogen) atoms. The number of hydrogen-bond acceptors (Lipinski definition) is 6. The maximum atomic E-state index is 12.4. The van der Waals surface area contributed by atoms with Crippen LogP contribution in [-0.4, -0.2) is 49.3 Å². The van der Waals surface area contributed by atoms with E-state index < -0.39 is 17.1 Å². The summed E-state index contributed by atoms with van der Waals surface area (Å²) in [4.78, 5) is 39.3. The molecule has 7 heteroatoms. The summed E-state index contributed by atoms with van der Waals surface area (Å²) in [7, 11) is 3.89. The lowest BCUT2D eigenvalue weighted by Crippen LogP contribution is -2.34. The number of nitrogens with zero attached hydrogens (tertiary/aromatic N) is 2. The van der Waals surface area contributed by atoms with Crippen LogP contribution in [0.5, 0.6) is 0 Å². The van der Waals surface area contributed by atoms with Crippen molar-refractivity contribution in [2.45, 2.75) is 19.8 Å². The zero-order valence-electron chi connectivity index (χ0n) is 14.7. The second kappa shape index (κ2) is 8.71. The Labute approximate surface area is 151 Å². The lowest BCUT2D eigenvalue weighted by atomic mass is 10.2. The zero-order chi connectivity index (χ0) is 18.4. The number of benzene rings is 1. The number of hydrogen-bond donors (Lipinski definition) is 0. The van der Waals surface area contributed by atoms with Gasteiger partial charge in [-0.25, -0.2) is 0 Å². The molecule has 0 spiro atoms. The van der Waals surface area contributed by atoms with Gasteiger partial charge < -0.3 is 9.64 Å². The standard InChI is InChI=1S/C18H22N2O4S/c1-4-5-10-24-16(21)12-20-17(22)15(25-18(20)23)11-13-6-8-14(9-7-13)19(2)3/h6-9,11H,4-5,10,12H2,1-3H3/b15-11+. The van der Waals surface area contributed by atoms with Crippen LogP contribution in [0.4, 0.5) is 10.5 Å². The lowest BCUT2D eigenvalue weighted by Gasteiger charge is -2.12. The summed E-state index contributed by atoms with van der Waals surface area (Å²) in [5.41, 5.74) is 1.86. The molecule has 134 valence electrons. The Kier molecular flexibility index (Phi) is 6.64. The highest BCUT2D eigenvalue weighted by Gasteiger charge is 2.36. The van der Waals surface area contributed by atoms with Crippen LogP contribution in [0.3, 0.4) is 0 Å². The number of imide groups is 1. The highest BCUT2D eigenvalue weighted by atomic mass is 32.2. The molecule has 1 saturated heterocycles. The van der Waals surface area contributed by atoms with Crippen molar-refractivity contribution >= 4 is 40.6 Å². The Hall–Kier alpha value is -2.28. The van der Waals surface area contributed by atoms with Gasteiger partial charge in [0.1, 0.15) is 6.54 Å². The minimum atomic E-state index is -0.563. The van der Waals surface area contributed by atoms with E-state index in [2.05, 4.69) is 0 Å². The normalized spacial score (nSPS) is 15.8. The van der Waals surface area contributed by atoms with E-state index in [1.54, 1.807) is 6.08 Å². The fraction of sp³-hybridized carbons (Fsp3) is 0.389. The van der Waals surface area contributed by atoms with Gasteiger partial charge in [0.05, 0.1) is 11.5 Å². The third kappa shape index (κ3) is 5.09. The van der Waals surface area contributed by atoms with Crippen LogP contribution in [0.2, 0.25) is 0 Å². The maximum Gasteiger partial charge on any atom is 0.326 e. The van der Waals surface area contributed by atoms with E-state index >= 15 is 0 Å². The summed E-state index contributed by atoms with van der Waals surface area (Å²) in [6.45, 7) is 1.95. The average molecular weight is 362 g/mol. The predicted octanol–water partition coefficient (Wildman–Crippen LogP) is 3.13. The first-order valence-corrected chi connectivity index (χ1v) is 8.92. The third-order valence-corrected chi connectivity index (χ3v) is 4.54. The van der Waals surface area contributed by atoms with Gasteiger partial charge in [0.2, 0.25) is 0 Å². The molecule has 0 aliphatic carbocycles. The first-order valence-electron chi connectivity index (χ1n) is 8.10. The van der Waals surface area contributed by atoms with Crippen LogP contribution in [0.1, 0.15) is 25.3 Å². The summed E-state index contributed by atoms with van der Waals surface area (Å²) < 4.78 is 5.01. The van der Waals surface area contributed by atoms with Gasteiger partial charge in [-0.3, -0.25) is 19.3 Å². The Balaban J connectivity index is 2.03. The molecule has 0 saturated carbocycles. The van der Waals surface area contributed by atoms with E-state index in [-0.39, 0.29) is 6.54 Å². The lowest BCUT2D eigenvalue weighted by molar-refractivity contribution is -0.146. The monoisotopic (exact) mass is 362 g/mol. The zero-order valence-corrected chi connectivity index (χ0v) is 15.5. The fourth-order valence-electron chi connectivity index (χ4n) is 2.16. The van der Waals surface area contributed by atoms with Crippen molar-refractivity contribution in [1.29, 1.82) is 0 Å². The summed E-state index contributed by atoms with van der Waals surface area (Å²) >= 11 is 0.838. The van der Waals surface area contributed by atoms with Crippen LogP contribution in [0.25, 0.3) is 6.08 Å². The molecule has 0 atom stereocenters. The molecule has 1 fully saturated rings. The fourth-order valence-corrected chi connectivity index (χ4v) is 3.00. The number of rotatable bonds is 7. The Morgan fingerprint density at radius 1 is 1.24 bits per heavy atom. The molecule has 0 unspecified atom stereocenters. The van der Waals surface area contributed by atoms with Crippen LogP contribution < -0.4 is 4.90 Å². The molecule has 2 rings (SSSR count). The summed E-state index contributed by atoms with van der Waals surface area (Å²) in [5.74, 6) is -1.02. The molecular weight excluding hydrogens is 340 g/mol. The van der Waals surface area contributed by atoms with Crippen molar-refractivity contribution in [3.05, 3.63) is 34.7 Å². The second-order valence-corrected chi connectivity index (χ2v) is 6.82. The molecule has 0 bridgehead atoms. The van der Waals surface area contributed by atoms with Gasteiger partial charge in [-0.15, -0.1) is 0 Å². The SMILES string of the molecule is CCCCOC(=O)CN1C(=O)S/C(=C/c2ccc(N(C)C)cc2)C1=O. The quantitative estimate of drug-likeness (QED) is 0.422. The first-order chi connectivity index (χ1) is 11.9. The van der Waals surface area contributed by atoms with Crippen molar-refractivity contribution in [2.24, 2.45) is 0 Å². The number of esters is 1. The number of amides is 2. The molecule has 0 aromatic heterocycles. The molecule has 0 radical (unpaired) electrons. The molecule has 0 N–H and O–H groups in total. The number of unbranched alkanes of at least 4 members (excludes halogenated alkanes) is 1. The van der Waals surface area contributed by atoms with E-state index in [0.29, 0.717) is 11.5 Å². The Morgan fingerprint density at radius 2 is 1.92 bits per heavy atom. The number of carbonyl (C=O) groups is 3. The van der Waals surface area contributed by atoms with Crippen molar-refractivity contribution in [3.8, 4) is 0 Å². The van der Waals surface area contributed by atoms with Gasteiger partial charge in [-0.2, -0.15) is 0 Å². The van der Waals surface area contributed by atoms with Gasteiger partial charge in [0.25, 0.3) is 11.1 Å². The molecule has 1 aromatic carbocycles. The molecule has 1 aromatic rings. The van der Waals surface area contributed by atoms with Crippen molar-refractivity contribution in [1.82, 2.24) is 4.90 Å². The van der Waals surface area contributed by atoms with E-state index in [9.17, 15) is 14.4 Å². The van der Waals surface area contributed by atoms with Gasteiger partial charge >= 0.3 is 5.97 Å². The van der Waals surface area contributed by atoms with Crippen LogP contribution in [0, 0.1) is 0 Å². The minimum Gasteiger partial charge on any atom is -0.464 e. The number of ether oxygens (including phenoxy) is 1. The summed E-state index contributed by atoms with van der Waals surface area (Å²) in [6, 6.07) is 7.62. The van der Waals surface area contributed by atoms with Crippen LogP contribution in [-0.2, 0) is 14.3 Å². The van der Waals surface area contributed by atoms with Gasteiger partial charge in [-0.05, 0) is 42.0 Å².